The fourth-order valence-electron chi connectivity index (χ4n) is 2.91. The molecule has 0 aromatic heterocycles. The molecule has 1 saturated carbocycles. The van der Waals surface area contributed by atoms with E-state index in [4.69, 9.17) is 0 Å². The average molecular weight is 224 g/mol. The molecule has 1 aliphatic carbocycles. The Kier molecular flexibility index (Phi) is 3.85. The van der Waals surface area contributed by atoms with Gasteiger partial charge in [-0.25, -0.2) is 0 Å². The van der Waals surface area contributed by atoms with Gasteiger partial charge in [0.1, 0.15) is 0 Å². The molecule has 2 fully saturated rings. The number of nitrogens with one attached hydrogen (secondary N) is 2. The topological polar surface area (TPSA) is 41.1 Å². The monoisotopic (exact) mass is 224 g/mol. The molecular formula is C13H24N2O. The summed E-state index contributed by atoms with van der Waals surface area (Å²) >= 11 is 0. The molecule has 1 aliphatic heterocycles. The standard InChI is InChI=1S/C13H24N2O/c1-9-5-6-11(8-10(9)2)15-12-4-3-7-14-13(12)16/h9-12,15H,3-8H2,1-2H3,(H,14,16). The third kappa shape index (κ3) is 2.76. The molecule has 0 spiro atoms. The summed E-state index contributed by atoms with van der Waals surface area (Å²) in [5.41, 5.74) is 0. The van der Waals surface area contributed by atoms with Crippen LogP contribution in [0.5, 0.6) is 0 Å². The number of carbonyl (C=O) groups is 1. The van der Waals surface area contributed by atoms with E-state index in [2.05, 4.69) is 24.5 Å². The van der Waals surface area contributed by atoms with E-state index < -0.39 is 0 Å². The third-order valence-electron chi connectivity index (χ3n) is 4.32. The van der Waals surface area contributed by atoms with Gasteiger partial charge in [0.15, 0.2) is 0 Å². The van der Waals surface area contributed by atoms with E-state index in [1.165, 1.54) is 19.3 Å². The highest BCUT2D eigenvalue weighted by Gasteiger charge is 2.29. The van der Waals surface area contributed by atoms with E-state index in [0.29, 0.717) is 6.04 Å². The van der Waals surface area contributed by atoms with Gasteiger partial charge >= 0.3 is 0 Å². The molecule has 1 amide bonds. The van der Waals surface area contributed by atoms with Crippen molar-refractivity contribution in [3.8, 4) is 0 Å². The Morgan fingerprint density at radius 1 is 1.19 bits per heavy atom. The van der Waals surface area contributed by atoms with Crippen LogP contribution in [0.4, 0.5) is 0 Å². The highest BCUT2D eigenvalue weighted by atomic mass is 16.2. The minimum atomic E-state index is 0.0688. The molecule has 3 heteroatoms. The Morgan fingerprint density at radius 2 is 2.00 bits per heavy atom. The predicted octanol–water partition coefficient (Wildman–Crippen LogP) is 1.68. The first-order valence-corrected chi connectivity index (χ1v) is 6.70. The minimum Gasteiger partial charge on any atom is -0.355 e. The zero-order valence-electron chi connectivity index (χ0n) is 10.5. The lowest BCUT2D eigenvalue weighted by Crippen LogP contribution is -2.52. The highest BCUT2D eigenvalue weighted by Crippen LogP contribution is 2.29. The quantitative estimate of drug-likeness (QED) is 0.749. The summed E-state index contributed by atoms with van der Waals surface area (Å²) in [6.07, 6.45) is 5.88. The number of piperidine rings is 1. The van der Waals surface area contributed by atoms with Crippen molar-refractivity contribution in [1.29, 1.82) is 0 Å². The van der Waals surface area contributed by atoms with Gasteiger partial charge in [0.25, 0.3) is 0 Å². The number of carbonyl (C=O) groups excluding carboxylic acids is 1. The fraction of sp³-hybridized carbons (Fsp3) is 0.923. The van der Waals surface area contributed by atoms with Gasteiger partial charge in [0, 0.05) is 12.6 Å². The number of rotatable bonds is 2. The molecule has 2 N–H and O–H groups in total. The molecule has 92 valence electrons. The SMILES string of the molecule is CC1CCC(NC2CCCNC2=O)CC1C. The normalized spacial score (nSPS) is 40.5. The van der Waals surface area contributed by atoms with Gasteiger partial charge in [0.2, 0.25) is 5.91 Å². The zero-order valence-corrected chi connectivity index (χ0v) is 10.5. The summed E-state index contributed by atoms with van der Waals surface area (Å²) in [7, 11) is 0. The first kappa shape index (κ1) is 11.9. The second-order valence-electron chi connectivity index (χ2n) is 5.62. The summed E-state index contributed by atoms with van der Waals surface area (Å²) in [6, 6.07) is 0.624. The first-order valence-electron chi connectivity index (χ1n) is 6.70. The molecule has 4 unspecified atom stereocenters. The lowest BCUT2D eigenvalue weighted by molar-refractivity contribution is -0.124. The maximum Gasteiger partial charge on any atom is 0.237 e. The van der Waals surface area contributed by atoms with E-state index in [1.54, 1.807) is 0 Å². The van der Waals surface area contributed by atoms with Gasteiger partial charge in [-0.2, -0.15) is 0 Å². The zero-order chi connectivity index (χ0) is 11.5. The van der Waals surface area contributed by atoms with Crippen LogP contribution in [0, 0.1) is 11.8 Å². The molecule has 2 rings (SSSR count). The van der Waals surface area contributed by atoms with Gasteiger partial charge in [-0.05, 0) is 43.9 Å². The fourth-order valence-corrected chi connectivity index (χ4v) is 2.91. The van der Waals surface area contributed by atoms with Crippen molar-refractivity contribution in [1.82, 2.24) is 10.6 Å². The highest BCUT2D eigenvalue weighted by molar-refractivity contribution is 5.82. The van der Waals surface area contributed by atoms with Crippen LogP contribution < -0.4 is 10.6 Å². The Balaban J connectivity index is 1.82. The van der Waals surface area contributed by atoms with Crippen molar-refractivity contribution in [2.24, 2.45) is 11.8 Å². The van der Waals surface area contributed by atoms with Gasteiger partial charge in [-0.1, -0.05) is 13.8 Å². The van der Waals surface area contributed by atoms with Crippen LogP contribution in [0.15, 0.2) is 0 Å². The van der Waals surface area contributed by atoms with E-state index in [0.717, 1.165) is 31.2 Å². The molecule has 0 aromatic rings. The van der Waals surface area contributed by atoms with Crippen LogP contribution >= 0.6 is 0 Å². The maximum atomic E-state index is 11.6. The van der Waals surface area contributed by atoms with E-state index >= 15 is 0 Å². The van der Waals surface area contributed by atoms with Crippen molar-refractivity contribution in [2.75, 3.05) is 6.54 Å². The van der Waals surface area contributed by atoms with Gasteiger partial charge in [-0.3, -0.25) is 4.79 Å². The van der Waals surface area contributed by atoms with Crippen LogP contribution in [-0.2, 0) is 4.79 Å². The van der Waals surface area contributed by atoms with E-state index in [-0.39, 0.29) is 11.9 Å². The molecule has 16 heavy (non-hydrogen) atoms. The number of amides is 1. The summed E-state index contributed by atoms with van der Waals surface area (Å²) in [5, 5.41) is 6.49. The van der Waals surface area contributed by atoms with Crippen molar-refractivity contribution >= 4 is 5.91 Å². The molecule has 2 aliphatic rings. The summed E-state index contributed by atoms with van der Waals surface area (Å²) in [5.74, 6) is 1.84. The van der Waals surface area contributed by atoms with Crippen molar-refractivity contribution in [2.45, 2.75) is 58.0 Å². The summed E-state index contributed by atoms with van der Waals surface area (Å²) in [4.78, 5) is 11.6. The number of hydrogen-bond acceptors (Lipinski definition) is 2. The Labute approximate surface area is 98.4 Å². The van der Waals surface area contributed by atoms with Crippen LogP contribution in [0.3, 0.4) is 0 Å². The molecule has 1 saturated heterocycles. The van der Waals surface area contributed by atoms with Crippen LogP contribution in [0.2, 0.25) is 0 Å². The molecule has 0 bridgehead atoms. The number of hydrogen-bond donors (Lipinski definition) is 2. The molecular weight excluding hydrogens is 200 g/mol. The van der Waals surface area contributed by atoms with Gasteiger partial charge in [0.05, 0.1) is 6.04 Å². The van der Waals surface area contributed by atoms with Crippen LogP contribution in [-0.4, -0.2) is 24.5 Å². The van der Waals surface area contributed by atoms with Crippen molar-refractivity contribution in [3.05, 3.63) is 0 Å². The summed E-state index contributed by atoms with van der Waals surface area (Å²) in [6.45, 7) is 5.53. The Morgan fingerprint density at radius 3 is 2.69 bits per heavy atom. The largest absolute Gasteiger partial charge is 0.355 e. The maximum absolute atomic E-state index is 11.6. The summed E-state index contributed by atoms with van der Waals surface area (Å²) < 4.78 is 0. The van der Waals surface area contributed by atoms with Crippen LogP contribution in [0.1, 0.15) is 46.0 Å². The second kappa shape index (κ2) is 5.17. The molecule has 0 radical (unpaired) electrons. The Bertz CT molecular complexity index is 254. The molecule has 0 aromatic carbocycles. The van der Waals surface area contributed by atoms with E-state index in [1.807, 2.05) is 0 Å². The van der Waals surface area contributed by atoms with Gasteiger partial charge in [-0.15, -0.1) is 0 Å². The molecule has 3 nitrogen and oxygen atoms in total. The predicted molar refractivity (Wildman–Crippen MR) is 65.1 cm³/mol. The van der Waals surface area contributed by atoms with Crippen molar-refractivity contribution < 1.29 is 4.79 Å². The lowest BCUT2D eigenvalue weighted by atomic mass is 9.79. The molecule has 1 heterocycles. The second-order valence-corrected chi connectivity index (χ2v) is 5.62. The lowest BCUT2D eigenvalue weighted by Gasteiger charge is -2.35. The van der Waals surface area contributed by atoms with Gasteiger partial charge < -0.3 is 10.6 Å². The smallest absolute Gasteiger partial charge is 0.237 e. The van der Waals surface area contributed by atoms with Crippen molar-refractivity contribution in [3.63, 3.8) is 0 Å². The first-order chi connectivity index (χ1) is 7.66. The Hall–Kier alpha value is -0.570. The van der Waals surface area contributed by atoms with E-state index in [9.17, 15) is 4.79 Å². The third-order valence-corrected chi connectivity index (χ3v) is 4.32. The van der Waals surface area contributed by atoms with Crippen LogP contribution in [0.25, 0.3) is 0 Å². The minimum absolute atomic E-state index is 0.0688. The average Bonchev–Trinajstić information content (AvgIpc) is 2.27. The molecule has 4 atom stereocenters.